The minimum atomic E-state index is -1.47. The van der Waals surface area contributed by atoms with Crippen molar-refractivity contribution in [3.63, 3.8) is 0 Å². The summed E-state index contributed by atoms with van der Waals surface area (Å²) in [4.78, 5) is 24.0. The normalized spacial score (nSPS) is 16.8. The van der Waals surface area contributed by atoms with Crippen molar-refractivity contribution in [3.05, 3.63) is 71.8 Å². The number of hydrogen-bond donors (Lipinski definition) is 2. The van der Waals surface area contributed by atoms with Gasteiger partial charge in [-0.05, 0) is 0 Å². The Kier molecular flexibility index (Phi) is 2.87. The summed E-state index contributed by atoms with van der Waals surface area (Å²) in [5, 5.41) is 0. The van der Waals surface area contributed by atoms with Crippen LogP contribution in [0.2, 0.25) is 0 Å². The number of cyclic esters (lactones) is 1. The molecular formula is C15H12N2O3. The van der Waals surface area contributed by atoms with Crippen LogP contribution < -0.4 is 10.9 Å². The maximum Gasteiger partial charge on any atom is 0.427 e. The van der Waals surface area contributed by atoms with E-state index < -0.39 is 17.6 Å². The lowest BCUT2D eigenvalue weighted by Crippen LogP contribution is -2.60. The molecule has 2 aromatic rings. The smallest absolute Gasteiger partial charge is 0.421 e. The van der Waals surface area contributed by atoms with E-state index in [2.05, 4.69) is 10.9 Å². The van der Waals surface area contributed by atoms with Gasteiger partial charge in [-0.15, -0.1) is 0 Å². The minimum absolute atomic E-state index is 0.436. The van der Waals surface area contributed by atoms with E-state index in [-0.39, 0.29) is 0 Å². The summed E-state index contributed by atoms with van der Waals surface area (Å²) in [5.74, 6) is -0.436. The second kappa shape index (κ2) is 4.70. The van der Waals surface area contributed by atoms with Crippen molar-refractivity contribution in [2.24, 2.45) is 0 Å². The summed E-state index contributed by atoms with van der Waals surface area (Å²) in [5.41, 5.74) is 4.25. The molecule has 2 amide bonds. The molecule has 0 unspecified atom stereocenters. The standard InChI is InChI=1S/C15H12N2O3/c18-13-15(20-14(19)17-16-13,11-7-3-1-4-8-11)12-9-5-2-6-10-12/h1-10H,(H,16,18)(H,17,19). The third-order valence-electron chi connectivity index (χ3n) is 3.20. The van der Waals surface area contributed by atoms with Crippen LogP contribution in [0, 0.1) is 0 Å². The highest BCUT2D eigenvalue weighted by atomic mass is 16.6. The van der Waals surface area contributed by atoms with Gasteiger partial charge in [-0.2, -0.15) is 0 Å². The van der Waals surface area contributed by atoms with E-state index in [1.54, 1.807) is 48.5 Å². The van der Waals surface area contributed by atoms with E-state index >= 15 is 0 Å². The molecule has 1 aliphatic heterocycles. The Bertz CT molecular complexity index is 601. The molecule has 20 heavy (non-hydrogen) atoms. The molecule has 1 aliphatic rings. The highest BCUT2D eigenvalue weighted by Gasteiger charge is 2.49. The Hall–Kier alpha value is -2.82. The molecule has 0 bridgehead atoms. The number of benzene rings is 2. The van der Waals surface area contributed by atoms with Gasteiger partial charge in [-0.25, -0.2) is 10.2 Å². The molecule has 5 heteroatoms. The molecule has 1 heterocycles. The van der Waals surface area contributed by atoms with Gasteiger partial charge in [0.2, 0.25) is 5.60 Å². The number of carbonyl (C=O) groups excluding carboxylic acids is 2. The Morgan fingerprint density at radius 3 is 1.75 bits per heavy atom. The molecule has 100 valence electrons. The van der Waals surface area contributed by atoms with Gasteiger partial charge in [0.25, 0.3) is 5.91 Å². The van der Waals surface area contributed by atoms with Gasteiger partial charge in [-0.1, -0.05) is 60.7 Å². The summed E-state index contributed by atoms with van der Waals surface area (Å²) in [6, 6.07) is 17.9. The van der Waals surface area contributed by atoms with Gasteiger partial charge in [0.05, 0.1) is 0 Å². The Balaban J connectivity index is 2.22. The summed E-state index contributed by atoms with van der Waals surface area (Å²) in [6.07, 6.45) is -0.697. The highest BCUT2D eigenvalue weighted by molar-refractivity contribution is 5.95. The molecule has 0 atom stereocenters. The Labute approximate surface area is 115 Å². The zero-order chi connectivity index (χ0) is 14.0. The fourth-order valence-electron chi connectivity index (χ4n) is 2.30. The average molecular weight is 268 g/mol. The monoisotopic (exact) mass is 268 g/mol. The van der Waals surface area contributed by atoms with Crippen LogP contribution >= 0.6 is 0 Å². The lowest BCUT2D eigenvalue weighted by Gasteiger charge is -2.36. The second-order valence-electron chi connectivity index (χ2n) is 4.38. The van der Waals surface area contributed by atoms with Crippen molar-refractivity contribution in [3.8, 4) is 0 Å². The van der Waals surface area contributed by atoms with Crippen LogP contribution in [0.4, 0.5) is 4.79 Å². The number of rotatable bonds is 2. The first kappa shape index (κ1) is 12.2. The maximum absolute atomic E-state index is 12.4. The molecule has 0 radical (unpaired) electrons. The van der Waals surface area contributed by atoms with E-state index in [1.807, 2.05) is 12.1 Å². The third kappa shape index (κ3) is 1.80. The first-order chi connectivity index (χ1) is 9.73. The number of ether oxygens (including phenoxy) is 1. The molecule has 0 spiro atoms. The SMILES string of the molecule is O=C1NNC(=O)C(c2ccccc2)(c2ccccc2)O1. The first-order valence-corrected chi connectivity index (χ1v) is 6.14. The number of carbonyl (C=O) groups is 2. The number of hydrazine groups is 1. The lowest BCUT2D eigenvalue weighted by molar-refractivity contribution is -0.142. The fourth-order valence-corrected chi connectivity index (χ4v) is 2.30. The molecular weight excluding hydrogens is 256 g/mol. The number of amides is 2. The molecule has 2 N–H and O–H groups in total. The average Bonchev–Trinajstić information content (AvgIpc) is 2.51. The van der Waals surface area contributed by atoms with Crippen LogP contribution in [0.5, 0.6) is 0 Å². The van der Waals surface area contributed by atoms with Crippen LogP contribution in [0.15, 0.2) is 60.7 Å². The highest BCUT2D eigenvalue weighted by Crippen LogP contribution is 2.35. The van der Waals surface area contributed by atoms with E-state index in [9.17, 15) is 9.59 Å². The molecule has 0 saturated carbocycles. The largest absolute Gasteiger partial charge is 0.427 e. The van der Waals surface area contributed by atoms with Gasteiger partial charge >= 0.3 is 6.09 Å². The van der Waals surface area contributed by atoms with Crippen LogP contribution in [0.3, 0.4) is 0 Å². The lowest BCUT2D eigenvalue weighted by atomic mass is 9.85. The molecule has 2 aromatic carbocycles. The molecule has 1 saturated heterocycles. The molecule has 3 rings (SSSR count). The van der Waals surface area contributed by atoms with Crippen molar-refractivity contribution in [1.29, 1.82) is 0 Å². The van der Waals surface area contributed by atoms with E-state index in [4.69, 9.17) is 4.74 Å². The van der Waals surface area contributed by atoms with Crippen molar-refractivity contribution < 1.29 is 14.3 Å². The topological polar surface area (TPSA) is 67.4 Å². The number of nitrogens with one attached hydrogen (secondary N) is 2. The molecule has 0 aliphatic carbocycles. The van der Waals surface area contributed by atoms with Crippen molar-refractivity contribution in [2.75, 3.05) is 0 Å². The first-order valence-electron chi connectivity index (χ1n) is 6.14. The van der Waals surface area contributed by atoms with Crippen LogP contribution in [-0.2, 0) is 15.1 Å². The third-order valence-corrected chi connectivity index (χ3v) is 3.20. The van der Waals surface area contributed by atoms with Crippen LogP contribution in [-0.4, -0.2) is 12.0 Å². The van der Waals surface area contributed by atoms with E-state index in [1.165, 1.54) is 0 Å². The molecule has 0 aromatic heterocycles. The van der Waals surface area contributed by atoms with Crippen molar-refractivity contribution in [1.82, 2.24) is 10.9 Å². The predicted octanol–water partition coefficient (Wildman–Crippen LogP) is 1.70. The predicted molar refractivity (Wildman–Crippen MR) is 71.4 cm³/mol. The summed E-state index contributed by atoms with van der Waals surface area (Å²) in [7, 11) is 0. The van der Waals surface area contributed by atoms with Gasteiger partial charge in [0, 0.05) is 11.1 Å². The van der Waals surface area contributed by atoms with E-state index in [0.29, 0.717) is 11.1 Å². The zero-order valence-corrected chi connectivity index (χ0v) is 10.5. The number of hydrogen-bond acceptors (Lipinski definition) is 3. The minimum Gasteiger partial charge on any atom is -0.421 e. The Morgan fingerprint density at radius 1 is 0.750 bits per heavy atom. The van der Waals surface area contributed by atoms with Gasteiger partial charge < -0.3 is 4.74 Å². The quantitative estimate of drug-likeness (QED) is 0.871. The second-order valence-corrected chi connectivity index (χ2v) is 4.38. The zero-order valence-electron chi connectivity index (χ0n) is 10.5. The van der Waals surface area contributed by atoms with Gasteiger partial charge in [0.15, 0.2) is 0 Å². The van der Waals surface area contributed by atoms with Gasteiger partial charge in [-0.3, -0.25) is 10.2 Å². The van der Waals surface area contributed by atoms with Crippen LogP contribution in [0.25, 0.3) is 0 Å². The summed E-state index contributed by atoms with van der Waals surface area (Å²) in [6.45, 7) is 0. The van der Waals surface area contributed by atoms with Crippen molar-refractivity contribution >= 4 is 12.0 Å². The Morgan fingerprint density at radius 2 is 1.25 bits per heavy atom. The fraction of sp³-hybridized carbons (Fsp3) is 0.0667. The molecule has 1 fully saturated rings. The van der Waals surface area contributed by atoms with Crippen molar-refractivity contribution in [2.45, 2.75) is 5.60 Å². The maximum atomic E-state index is 12.4. The summed E-state index contributed by atoms with van der Waals surface area (Å²) < 4.78 is 5.40. The molecule has 5 nitrogen and oxygen atoms in total. The van der Waals surface area contributed by atoms with E-state index in [0.717, 1.165) is 0 Å². The summed E-state index contributed by atoms with van der Waals surface area (Å²) >= 11 is 0. The van der Waals surface area contributed by atoms with Crippen LogP contribution in [0.1, 0.15) is 11.1 Å². The van der Waals surface area contributed by atoms with Gasteiger partial charge in [0.1, 0.15) is 0 Å².